The summed E-state index contributed by atoms with van der Waals surface area (Å²) in [4.78, 5) is 12.0. The van der Waals surface area contributed by atoms with Gasteiger partial charge in [0.2, 0.25) is 0 Å². The minimum absolute atomic E-state index is 0.183. The van der Waals surface area contributed by atoms with Crippen LogP contribution >= 0.6 is 0 Å². The van der Waals surface area contributed by atoms with Crippen LogP contribution in [-0.2, 0) is 9.53 Å². The van der Waals surface area contributed by atoms with Gasteiger partial charge in [-0.1, -0.05) is 0 Å². The molecule has 0 atom stereocenters. The smallest absolute Gasteiger partial charge is 0.313 e. The predicted octanol–water partition coefficient (Wildman–Crippen LogP) is 2.24. The van der Waals surface area contributed by atoms with Crippen LogP contribution in [0.5, 0.6) is 0 Å². The number of rotatable bonds is 2. The first-order valence-corrected chi connectivity index (χ1v) is 5.61. The Kier molecular flexibility index (Phi) is 2.90. The second-order valence-electron chi connectivity index (χ2n) is 6.14. The van der Waals surface area contributed by atoms with Crippen molar-refractivity contribution in [3.05, 3.63) is 0 Å². The number of esters is 1. The van der Waals surface area contributed by atoms with Gasteiger partial charge in [0.15, 0.2) is 0 Å². The van der Waals surface area contributed by atoms with Gasteiger partial charge < -0.3 is 10.5 Å². The molecule has 0 spiro atoms. The lowest BCUT2D eigenvalue weighted by molar-refractivity contribution is -0.172. The number of nitrogens with two attached hydrogens (primary N) is 1. The van der Waals surface area contributed by atoms with E-state index in [9.17, 15) is 4.79 Å². The Bertz CT molecular complexity index is 259. The Morgan fingerprint density at radius 2 is 1.67 bits per heavy atom. The minimum atomic E-state index is -0.585. The first-order valence-electron chi connectivity index (χ1n) is 5.61. The van der Waals surface area contributed by atoms with Gasteiger partial charge in [0, 0.05) is 5.54 Å². The molecule has 1 fully saturated rings. The molecule has 0 radical (unpaired) electrons. The third-order valence-corrected chi connectivity index (χ3v) is 3.40. The van der Waals surface area contributed by atoms with Gasteiger partial charge in [-0.05, 0) is 53.9 Å². The average molecular weight is 213 g/mol. The zero-order valence-electron chi connectivity index (χ0n) is 10.5. The molecule has 0 unspecified atom stereocenters. The van der Waals surface area contributed by atoms with Crippen molar-refractivity contribution in [1.82, 2.24) is 0 Å². The lowest BCUT2D eigenvalue weighted by Gasteiger charge is -2.49. The van der Waals surface area contributed by atoms with E-state index in [-0.39, 0.29) is 11.5 Å². The summed E-state index contributed by atoms with van der Waals surface area (Å²) in [7, 11) is 0. The maximum atomic E-state index is 12.0. The van der Waals surface area contributed by atoms with Gasteiger partial charge in [-0.2, -0.15) is 0 Å². The van der Waals surface area contributed by atoms with Crippen LogP contribution in [0.1, 0.15) is 53.9 Å². The molecule has 2 N–H and O–H groups in total. The lowest BCUT2D eigenvalue weighted by Crippen LogP contribution is -2.61. The molecule has 0 aromatic heterocycles. The molecule has 0 aromatic rings. The van der Waals surface area contributed by atoms with E-state index >= 15 is 0 Å². The fraction of sp³-hybridized carbons (Fsp3) is 0.917. The molecule has 1 aliphatic carbocycles. The Labute approximate surface area is 92.4 Å². The van der Waals surface area contributed by atoms with Gasteiger partial charge in [-0.15, -0.1) is 0 Å². The molecule has 3 nitrogen and oxygen atoms in total. The first-order chi connectivity index (χ1) is 6.58. The van der Waals surface area contributed by atoms with E-state index < -0.39 is 11.0 Å². The first kappa shape index (κ1) is 12.5. The summed E-state index contributed by atoms with van der Waals surface area (Å²) in [6, 6.07) is 0. The Balaban J connectivity index is 2.73. The summed E-state index contributed by atoms with van der Waals surface area (Å²) in [5.74, 6) is -0.183. The Morgan fingerprint density at radius 3 is 1.93 bits per heavy atom. The molecular weight excluding hydrogens is 190 g/mol. The van der Waals surface area contributed by atoms with Crippen LogP contribution in [-0.4, -0.2) is 17.1 Å². The van der Waals surface area contributed by atoms with Crippen LogP contribution in [0.2, 0.25) is 0 Å². The summed E-state index contributed by atoms with van der Waals surface area (Å²) in [5.41, 5.74) is 4.81. The maximum Gasteiger partial charge on any atom is 0.313 e. The molecular formula is C12H23NO2. The largest absolute Gasteiger partial charge is 0.460 e. The van der Waals surface area contributed by atoms with E-state index in [1.807, 2.05) is 34.6 Å². The third-order valence-electron chi connectivity index (χ3n) is 3.40. The quantitative estimate of drug-likeness (QED) is 0.716. The monoisotopic (exact) mass is 213 g/mol. The van der Waals surface area contributed by atoms with Crippen LogP contribution < -0.4 is 5.73 Å². The van der Waals surface area contributed by atoms with E-state index in [1.54, 1.807) is 0 Å². The number of carbonyl (C=O) groups is 1. The maximum absolute atomic E-state index is 12.0. The Hall–Kier alpha value is -0.570. The fourth-order valence-electron chi connectivity index (χ4n) is 1.79. The zero-order chi connectivity index (χ0) is 11.9. The highest BCUT2D eigenvalue weighted by Gasteiger charge is 2.52. The predicted molar refractivity (Wildman–Crippen MR) is 60.4 cm³/mol. The minimum Gasteiger partial charge on any atom is -0.460 e. The molecule has 88 valence electrons. The molecule has 15 heavy (non-hydrogen) atoms. The van der Waals surface area contributed by atoms with Crippen LogP contribution in [0.4, 0.5) is 0 Å². The van der Waals surface area contributed by atoms with Gasteiger partial charge >= 0.3 is 5.97 Å². The molecule has 1 aliphatic rings. The highest BCUT2D eigenvalue weighted by Crippen LogP contribution is 2.45. The second kappa shape index (κ2) is 3.48. The van der Waals surface area contributed by atoms with Crippen molar-refractivity contribution >= 4 is 5.97 Å². The van der Waals surface area contributed by atoms with Gasteiger partial charge in [0.05, 0.1) is 5.41 Å². The van der Waals surface area contributed by atoms with Crippen molar-refractivity contribution < 1.29 is 9.53 Å². The SMILES string of the molecule is CC(C)(C)OC(=O)C(C)(C)C1(N)CCC1. The van der Waals surface area contributed by atoms with Crippen molar-refractivity contribution in [2.75, 3.05) is 0 Å². The summed E-state index contributed by atoms with van der Waals surface area (Å²) in [6.45, 7) is 9.42. The topological polar surface area (TPSA) is 52.3 Å². The van der Waals surface area contributed by atoms with Crippen molar-refractivity contribution in [2.45, 2.75) is 65.0 Å². The highest BCUT2D eigenvalue weighted by atomic mass is 16.6. The van der Waals surface area contributed by atoms with E-state index in [4.69, 9.17) is 10.5 Å². The number of carbonyl (C=O) groups excluding carboxylic acids is 1. The van der Waals surface area contributed by atoms with E-state index in [0.717, 1.165) is 19.3 Å². The van der Waals surface area contributed by atoms with Gasteiger partial charge in [0.25, 0.3) is 0 Å². The molecule has 0 bridgehead atoms. The van der Waals surface area contributed by atoms with Crippen molar-refractivity contribution in [1.29, 1.82) is 0 Å². The standard InChI is InChI=1S/C12H23NO2/c1-10(2,3)15-9(14)11(4,5)12(13)7-6-8-12/h6-8,13H2,1-5H3. The number of ether oxygens (including phenoxy) is 1. The van der Waals surface area contributed by atoms with E-state index in [2.05, 4.69) is 0 Å². The lowest BCUT2D eigenvalue weighted by atomic mass is 9.61. The Morgan fingerprint density at radius 1 is 1.20 bits per heavy atom. The van der Waals surface area contributed by atoms with Crippen molar-refractivity contribution in [3.8, 4) is 0 Å². The highest BCUT2D eigenvalue weighted by molar-refractivity contribution is 5.78. The molecule has 0 aliphatic heterocycles. The number of hydrogen-bond donors (Lipinski definition) is 1. The van der Waals surface area contributed by atoms with E-state index in [1.165, 1.54) is 0 Å². The van der Waals surface area contributed by atoms with Gasteiger partial charge in [-0.3, -0.25) is 4.79 Å². The molecule has 0 amide bonds. The normalized spacial score (nSPS) is 20.7. The molecule has 0 heterocycles. The molecule has 0 saturated heterocycles. The molecule has 3 heteroatoms. The fourth-order valence-corrected chi connectivity index (χ4v) is 1.79. The second-order valence-corrected chi connectivity index (χ2v) is 6.14. The molecule has 0 aromatic carbocycles. The molecule has 1 rings (SSSR count). The van der Waals surface area contributed by atoms with Crippen LogP contribution in [0.25, 0.3) is 0 Å². The van der Waals surface area contributed by atoms with Crippen molar-refractivity contribution in [2.24, 2.45) is 11.1 Å². The summed E-state index contributed by atoms with van der Waals surface area (Å²) in [6.07, 6.45) is 2.95. The third kappa shape index (κ3) is 2.33. The summed E-state index contributed by atoms with van der Waals surface area (Å²) in [5, 5.41) is 0. The van der Waals surface area contributed by atoms with Gasteiger partial charge in [0.1, 0.15) is 5.60 Å². The summed E-state index contributed by atoms with van der Waals surface area (Å²) < 4.78 is 5.41. The van der Waals surface area contributed by atoms with Crippen LogP contribution in [0.3, 0.4) is 0 Å². The van der Waals surface area contributed by atoms with Crippen LogP contribution in [0.15, 0.2) is 0 Å². The molecule has 1 saturated carbocycles. The van der Waals surface area contributed by atoms with Gasteiger partial charge in [-0.25, -0.2) is 0 Å². The number of hydrogen-bond acceptors (Lipinski definition) is 3. The zero-order valence-corrected chi connectivity index (χ0v) is 10.5. The van der Waals surface area contributed by atoms with Crippen LogP contribution in [0, 0.1) is 5.41 Å². The summed E-state index contributed by atoms with van der Waals surface area (Å²) >= 11 is 0. The van der Waals surface area contributed by atoms with Crippen molar-refractivity contribution in [3.63, 3.8) is 0 Å². The van der Waals surface area contributed by atoms with E-state index in [0.29, 0.717) is 0 Å². The average Bonchev–Trinajstić information content (AvgIpc) is 1.96.